The van der Waals surface area contributed by atoms with E-state index in [0.29, 0.717) is 29.2 Å². The maximum atomic E-state index is 12.8. The fourth-order valence-electron chi connectivity index (χ4n) is 2.96. The fraction of sp³-hybridized carbons (Fsp3) is 0.294. The van der Waals surface area contributed by atoms with Gasteiger partial charge in [-0.25, -0.2) is 0 Å². The number of carbonyl (C=O) groups is 2. The van der Waals surface area contributed by atoms with E-state index in [1.165, 1.54) is 7.11 Å². The van der Waals surface area contributed by atoms with Gasteiger partial charge < -0.3 is 9.30 Å². The first-order valence-corrected chi connectivity index (χ1v) is 8.82. The predicted octanol–water partition coefficient (Wildman–Crippen LogP) is 3.75. The highest BCUT2D eigenvalue weighted by atomic mass is 35.5. The third-order valence-corrected chi connectivity index (χ3v) is 5.17. The zero-order chi connectivity index (χ0) is 16.6. The molecule has 23 heavy (non-hydrogen) atoms. The maximum Gasteiger partial charge on any atom is 0.314 e. The highest BCUT2D eigenvalue weighted by Crippen LogP contribution is 2.36. The average molecular weight is 350 g/mol. The molecule has 2 aromatic rings. The van der Waals surface area contributed by atoms with Crippen LogP contribution in [0.25, 0.3) is 0 Å². The summed E-state index contributed by atoms with van der Waals surface area (Å²) in [5, 5.41) is 0.382. The third-order valence-electron chi connectivity index (χ3n) is 4.13. The van der Waals surface area contributed by atoms with Gasteiger partial charge in [0, 0.05) is 22.7 Å². The van der Waals surface area contributed by atoms with Gasteiger partial charge in [0.1, 0.15) is 5.69 Å². The van der Waals surface area contributed by atoms with E-state index < -0.39 is 0 Å². The van der Waals surface area contributed by atoms with E-state index in [2.05, 4.69) is 0 Å². The van der Waals surface area contributed by atoms with Crippen LogP contribution in [0, 0.1) is 0 Å². The Kier molecular flexibility index (Phi) is 4.50. The van der Waals surface area contributed by atoms with Gasteiger partial charge in [-0.3, -0.25) is 9.59 Å². The Morgan fingerprint density at radius 1 is 1.30 bits per heavy atom. The Labute approximate surface area is 143 Å². The fourth-order valence-corrected chi connectivity index (χ4v) is 3.67. The minimum Gasteiger partial charge on any atom is -0.469 e. The van der Waals surface area contributed by atoms with Crippen LogP contribution in [0.4, 0.5) is 0 Å². The molecular formula is C17H16ClNO3S. The lowest BCUT2D eigenvalue weighted by Gasteiger charge is -2.07. The number of halogens is 1. The van der Waals surface area contributed by atoms with E-state index in [9.17, 15) is 9.59 Å². The Balaban J connectivity index is 1.97. The summed E-state index contributed by atoms with van der Waals surface area (Å²) in [5.41, 5.74) is 1.79. The highest BCUT2D eigenvalue weighted by Gasteiger charge is 2.34. The minimum atomic E-state index is -0.349. The molecule has 2 heterocycles. The second-order valence-corrected chi connectivity index (χ2v) is 6.63. The smallest absolute Gasteiger partial charge is 0.314 e. The monoisotopic (exact) mass is 349 g/mol. The third kappa shape index (κ3) is 2.79. The van der Waals surface area contributed by atoms with Crippen LogP contribution in [0.5, 0.6) is 0 Å². The molecule has 1 aromatic carbocycles. The number of aromatic nitrogens is 1. The zero-order valence-electron chi connectivity index (χ0n) is 12.8. The number of hydrogen-bond acceptors (Lipinski definition) is 4. The van der Waals surface area contributed by atoms with E-state index in [0.717, 1.165) is 10.6 Å². The number of ketones is 1. The van der Waals surface area contributed by atoms with E-state index >= 15 is 0 Å². The van der Waals surface area contributed by atoms with E-state index in [4.69, 9.17) is 16.3 Å². The zero-order valence-corrected chi connectivity index (χ0v) is 14.4. The molecule has 1 unspecified atom stereocenters. The molecule has 4 nitrogen and oxygen atoms in total. The Morgan fingerprint density at radius 3 is 2.61 bits per heavy atom. The molecule has 0 spiro atoms. The first kappa shape index (κ1) is 16.1. The maximum absolute atomic E-state index is 12.8. The van der Waals surface area contributed by atoms with E-state index in [-0.39, 0.29) is 17.7 Å². The molecule has 0 amide bonds. The van der Waals surface area contributed by atoms with Gasteiger partial charge in [0.15, 0.2) is 0 Å². The first-order chi connectivity index (χ1) is 11.1. The molecule has 0 saturated heterocycles. The van der Waals surface area contributed by atoms with Crippen molar-refractivity contribution in [1.29, 1.82) is 0 Å². The van der Waals surface area contributed by atoms with Crippen molar-refractivity contribution in [3.05, 3.63) is 52.3 Å². The standard InChI is InChI=1S/C17H16ClNO3S/c1-22-17(21)12-7-8-19-14(12)9-13(18)15(19)16(20)10-3-5-11(23-2)6-4-10/h3-6,9,12H,7-8H2,1-2H3. The Bertz CT molecular complexity index is 767. The molecule has 1 aromatic heterocycles. The number of esters is 1. The van der Waals surface area contributed by atoms with E-state index in [1.807, 2.05) is 23.0 Å². The average Bonchev–Trinajstić information content (AvgIpc) is 3.11. The number of benzene rings is 1. The number of fused-ring (bicyclic) bond motifs is 1. The van der Waals surface area contributed by atoms with Crippen molar-refractivity contribution in [2.45, 2.75) is 23.8 Å². The molecule has 0 bridgehead atoms. The quantitative estimate of drug-likeness (QED) is 0.479. The SMILES string of the molecule is COC(=O)C1CCn2c1cc(Cl)c2C(=O)c1ccc(SC)cc1. The molecule has 0 aliphatic carbocycles. The number of rotatable bonds is 4. The van der Waals surface area contributed by atoms with E-state index in [1.54, 1.807) is 30.0 Å². The largest absolute Gasteiger partial charge is 0.469 e. The summed E-state index contributed by atoms with van der Waals surface area (Å²) in [6.45, 7) is 0.589. The Hall–Kier alpha value is -1.72. The van der Waals surface area contributed by atoms with Gasteiger partial charge in [-0.05, 0) is 43.0 Å². The molecular weight excluding hydrogens is 334 g/mol. The van der Waals surface area contributed by atoms with Crippen LogP contribution in [-0.2, 0) is 16.1 Å². The van der Waals surface area contributed by atoms with Crippen LogP contribution < -0.4 is 0 Å². The summed E-state index contributed by atoms with van der Waals surface area (Å²) in [5.74, 6) is -0.765. The van der Waals surface area contributed by atoms with Crippen molar-refractivity contribution >= 4 is 35.1 Å². The number of carbonyl (C=O) groups excluding carboxylic acids is 2. The second kappa shape index (κ2) is 6.42. The Morgan fingerprint density at radius 2 is 2.00 bits per heavy atom. The molecule has 0 fully saturated rings. The minimum absolute atomic E-state index is 0.126. The molecule has 3 rings (SSSR count). The molecule has 0 saturated carbocycles. The molecule has 120 valence electrons. The molecule has 6 heteroatoms. The van der Waals surface area contributed by atoms with Gasteiger partial charge >= 0.3 is 5.97 Å². The van der Waals surface area contributed by atoms with Crippen molar-refractivity contribution in [2.24, 2.45) is 0 Å². The summed E-state index contributed by atoms with van der Waals surface area (Å²) in [4.78, 5) is 25.7. The van der Waals surface area contributed by atoms with Crippen LogP contribution in [0.15, 0.2) is 35.2 Å². The summed E-state index contributed by atoms with van der Waals surface area (Å²) in [6, 6.07) is 9.14. The van der Waals surface area contributed by atoms with Crippen molar-refractivity contribution < 1.29 is 14.3 Å². The van der Waals surface area contributed by atoms with Gasteiger partial charge in [-0.1, -0.05) is 11.6 Å². The number of nitrogens with zero attached hydrogens (tertiary/aromatic N) is 1. The normalized spacial score (nSPS) is 16.2. The van der Waals surface area contributed by atoms with Crippen LogP contribution in [0.2, 0.25) is 5.02 Å². The highest BCUT2D eigenvalue weighted by molar-refractivity contribution is 7.98. The van der Waals surface area contributed by atoms with Gasteiger partial charge in [0.25, 0.3) is 0 Å². The van der Waals surface area contributed by atoms with Crippen LogP contribution >= 0.6 is 23.4 Å². The number of methoxy groups -OCH3 is 1. The number of thioether (sulfide) groups is 1. The van der Waals surface area contributed by atoms with Crippen LogP contribution in [0.1, 0.15) is 34.1 Å². The van der Waals surface area contributed by atoms with Crippen molar-refractivity contribution in [2.75, 3.05) is 13.4 Å². The van der Waals surface area contributed by atoms with Gasteiger partial charge in [-0.2, -0.15) is 0 Å². The lowest BCUT2D eigenvalue weighted by Crippen LogP contribution is -2.11. The molecule has 1 aliphatic rings. The summed E-state index contributed by atoms with van der Waals surface area (Å²) in [6.07, 6.45) is 2.62. The molecule has 1 aliphatic heterocycles. The van der Waals surface area contributed by atoms with Gasteiger partial charge in [-0.15, -0.1) is 11.8 Å². The molecule has 1 atom stereocenters. The van der Waals surface area contributed by atoms with Gasteiger partial charge in [0.2, 0.25) is 5.78 Å². The lowest BCUT2D eigenvalue weighted by molar-refractivity contribution is -0.142. The molecule has 0 N–H and O–H groups in total. The molecule has 0 radical (unpaired) electrons. The second-order valence-electron chi connectivity index (χ2n) is 5.34. The van der Waals surface area contributed by atoms with Crippen molar-refractivity contribution in [1.82, 2.24) is 4.57 Å². The lowest BCUT2D eigenvalue weighted by atomic mass is 10.1. The topological polar surface area (TPSA) is 48.3 Å². The van der Waals surface area contributed by atoms with Crippen molar-refractivity contribution in [3.8, 4) is 0 Å². The van der Waals surface area contributed by atoms with Crippen LogP contribution in [-0.4, -0.2) is 29.7 Å². The van der Waals surface area contributed by atoms with Gasteiger partial charge in [0.05, 0.1) is 18.1 Å². The first-order valence-electron chi connectivity index (χ1n) is 7.22. The summed E-state index contributed by atoms with van der Waals surface area (Å²) >= 11 is 7.90. The summed E-state index contributed by atoms with van der Waals surface area (Å²) in [7, 11) is 1.37. The summed E-state index contributed by atoms with van der Waals surface area (Å²) < 4.78 is 6.67. The van der Waals surface area contributed by atoms with Crippen molar-refractivity contribution in [3.63, 3.8) is 0 Å². The number of hydrogen-bond donors (Lipinski definition) is 0. The number of ether oxygens (including phenoxy) is 1. The van der Waals surface area contributed by atoms with Crippen LogP contribution in [0.3, 0.4) is 0 Å². The predicted molar refractivity (Wildman–Crippen MR) is 90.5 cm³/mol.